The number of quaternary nitrogens is 1. The average Bonchev–Trinajstić information content (AvgIpc) is 2.23. The lowest BCUT2D eigenvalue weighted by Gasteiger charge is -2.34. The van der Waals surface area contributed by atoms with Crippen molar-refractivity contribution in [3.05, 3.63) is 0 Å². The molecule has 0 rings (SSSR count). The molecular formula is C14H33NO4PS+. The van der Waals surface area contributed by atoms with Gasteiger partial charge in [-0.25, -0.2) is 4.57 Å². The summed E-state index contributed by atoms with van der Waals surface area (Å²) < 4.78 is 22.7. The van der Waals surface area contributed by atoms with E-state index in [-0.39, 0.29) is 24.0 Å². The van der Waals surface area contributed by atoms with Crippen LogP contribution in [0.15, 0.2) is 0 Å². The second-order valence-corrected chi connectivity index (χ2v) is 10.0. The predicted octanol–water partition coefficient (Wildman–Crippen LogP) is 3.20. The molecule has 0 saturated heterocycles. The van der Waals surface area contributed by atoms with Crippen molar-refractivity contribution in [2.75, 3.05) is 46.7 Å². The van der Waals surface area contributed by atoms with Gasteiger partial charge in [0, 0.05) is 0 Å². The molecule has 0 aromatic heterocycles. The number of phosphoric acid groups is 1. The Bertz CT molecular complexity index is 366. The van der Waals surface area contributed by atoms with E-state index in [4.69, 9.17) is 9.05 Å². The van der Waals surface area contributed by atoms with Gasteiger partial charge in [0.1, 0.15) is 13.2 Å². The molecule has 1 unspecified atom stereocenters. The van der Waals surface area contributed by atoms with Crippen LogP contribution in [0.1, 0.15) is 34.1 Å². The van der Waals surface area contributed by atoms with Crippen LogP contribution in [0, 0.1) is 10.8 Å². The normalized spacial score (nSPS) is 16.8. The number of nitrogens with zero attached hydrogens (tertiary/aromatic N) is 1. The highest BCUT2D eigenvalue weighted by molar-refractivity contribution is 7.80. The standard InChI is InChI=1S/C14H32NO4PS/c1-13(2,10-14(3,4)12-21)11-19-20(16,17)18-9-8-15(5,6)7/h8-12H2,1-7H3,(H-,16,17,21)/p+1. The highest BCUT2D eigenvalue weighted by Gasteiger charge is 2.32. The summed E-state index contributed by atoms with van der Waals surface area (Å²) >= 11 is 4.34. The molecule has 0 aromatic carbocycles. The van der Waals surface area contributed by atoms with E-state index >= 15 is 0 Å². The summed E-state index contributed by atoms with van der Waals surface area (Å²) in [5.74, 6) is 0.757. The van der Waals surface area contributed by atoms with Gasteiger partial charge in [0.2, 0.25) is 0 Å². The maximum atomic E-state index is 11.9. The van der Waals surface area contributed by atoms with Gasteiger partial charge in [-0.15, -0.1) is 0 Å². The van der Waals surface area contributed by atoms with E-state index in [1.54, 1.807) is 0 Å². The van der Waals surface area contributed by atoms with Crippen LogP contribution in [-0.2, 0) is 13.6 Å². The summed E-state index contributed by atoms with van der Waals surface area (Å²) in [6.07, 6.45) is 0.850. The monoisotopic (exact) mass is 342 g/mol. The fourth-order valence-corrected chi connectivity index (χ4v) is 3.14. The summed E-state index contributed by atoms with van der Waals surface area (Å²) in [6.45, 7) is 9.30. The SMILES string of the molecule is CC(C)(CS)CC(C)(C)COP(=O)(O)OCC[N+](C)(C)C. The Kier molecular flexibility index (Phi) is 7.96. The smallest absolute Gasteiger partial charge is 0.329 e. The van der Waals surface area contributed by atoms with Gasteiger partial charge >= 0.3 is 7.82 Å². The molecule has 0 aliphatic rings. The van der Waals surface area contributed by atoms with E-state index in [0.717, 1.165) is 12.2 Å². The van der Waals surface area contributed by atoms with E-state index < -0.39 is 7.82 Å². The predicted molar refractivity (Wildman–Crippen MR) is 90.7 cm³/mol. The number of likely N-dealkylation sites (N-methyl/N-ethyl adjacent to an activating group) is 1. The van der Waals surface area contributed by atoms with Crippen LogP contribution in [0.5, 0.6) is 0 Å². The van der Waals surface area contributed by atoms with Crippen LogP contribution in [0.2, 0.25) is 0 Å². The average molecular weight is 342 g/mol. The summed E-state index contributed by atoms with van der Waals surface area (Å²) in [5, 5.41) is 0. The minimum absolute atomic E-state index is 0.0555. The Morgan fingerprint density at radius 1 is 1.10 bits per heavy atom. The van der Waals surface area contributed by atoms with Crippen molar-refractivity contribution in [1.29, 1.82) is 0 Å². The molecule has 21 heavy (non-hydrogen) atoms. The molecule has 0 amide bonds. The second-order valence-electron chi connectivity index (χ2n) is 8.25. The van der Waals surface area contributed by atoms with Crippen LogP contribution in [0.3, 0.4) is 0 Å². The topological polar surface area (TPSA) is 55.8 Å². The van der Waals surface area contributed by atoms with Gasteiger partial charge in [-0.3, -0.25) is 9.05 Å². The molecular weight excluding hydrogens is 309 g/mol. The number of hydrogen-bond acceptors (Lipinski definition) is 4. The summed E-state index contributed by atoms with van der Waals surface area (Å²) in [5.41, 5.74) is -0.159. The first-order valence-corrected chi connectivity index (χ1v) is 9.34. The third-order valence-electron chi connectivity index (χ3n) is 3.02. The Morgan fingerprint density at radius 2 is 1.62 bits per heavy atom. The van der Waals surface area contributed by atoms with Gasteiger partial charge in [0.15, 0.2) is 0 Å². The van der Waals surface area contributed by atoms with Gasteiger partial charge < -0.3 is 9.38 Å². The molecule has 128 valence electrons. The largest absolute Gasteiger partial charge is 0.472 e. The molecule has 0 saturated carbocycles. The fourth-order valence-electron chi connectivity index (χ4n) is 2.13. The van der Waals surface area contributed by atoms with Gasteiger partial charge in [0.25, 0.3) is 0 Å². The zero-order chi connectivity index (χ0) is 16.9. The lowest BCUT2D eigenvalue weighted by molar-refractivity contribution is -0.870. The maximum Gasteiger partial charge on any atom is 0.472 e. The summed E-state index contributed by atoms with van der Waals surface area (Å²) in [4.78, 5) is 9.72. The molecule has 0 radical (unpaired) electrons. The number of phosphoric ester groups is 1. The first-order valence-electron chi connectivity index (χ1n) is 7.21. The fraction of sp³-hybridized carbons (Fsp3) is 1.00. The van der Waals surface area contributed by atoms with Crippen molar-refractivity contribution in [1.82, 2.24) is 0 Å². The summed E-state index contributed by atoms with van der Waals surface area (Å²) in [7, 11) is 2.01. The van der Waals surface area contributed by atoms with Crippen LogP contribution in [0.4, 0.5) is 0 Å². The molecule has 5 nitrogen and oxygen atoms in total. The van der Waals surface area contributed by atoms with Crippen molar-refractivity contribution in [2.24, 2.45) is 10.8 Å². The lowest BCUT2D eigenvalue weighted by atomic mass is 9.77. The van der Waals surface area contributed by atoms with E-state index in [9.17, 15) is 9.46 Å². The second kappa shape index (κ2) is 7.80. The third kappa shape index (κ3) is 11.6. The molecule has 7 heteroatoms. The number of thiol groups is 1. The van der Waals surface area contributed by atoms with E-state index in [2.05, 4.69) is 26.5 Å². The summed E-state index contributed by atoms with van der Waals surface area (Å²) in [6, 6.07) is 0. The zero-order valence-corrected chi connectivity index (χ0v) is 16.3. The first-order chi connectivity index (χ1) is 9.18. The van der Waals surface area contributed by atoms with E-state index in [0.29, 0.717) is 11.0 Å². The molecule has 1 N–H and O–H groups in total. The molecule has 0 aromatic rings. The van der Waals surface area contributed by atoms with Crippen molar-refractivity contribution in [3.8, 4) is 0 Å². The van der Waals surface area contributed by atoms with Crippen LogP contribution in [0.25, 0.3) is 0 Å². The van der Waals surface area contributed by atoms with Gasteiger partial charge in [-0.1, -0.05) is 27.7 Å². The number of hydrogen-bond donors (Lipinski definition) is 2. The highest BCUT2D eigenvalue weighted by atomic mass is 32.1. The van der Waals surface area contributed by atoms with Crippen LogP contribution in [-0.4, -0.2) is 56.0 Å². The molecule has 0 aliphatic carbocycles. The minimum atomic E-state index is -3.98. The van der Waals surface area contributed by atoms with Crippen LogP contribution >= 0.6 is 20.5 Å². The first kappa shape index (κ1) is 21.4. The van der Waals surface area contributed by atoms with Gasteiger partial charge in [-0.2, -0.15) is 12.6 Å². The minimum Gasteiger partial charge on any atom is -0.329 e. The molecule has 0 spiro atoms. The lowest BCUT2D eigenvalue weighted by Crippen LogP contribution is -2.37. The Hall–Kier alpha value is 0.420. The Morgan fingerprint density at radius 3 is 2.05 bits per heavy atom. The number of rotatable bonds is 10. The molecule has 1 atom stereocenters. The van der Waals surface area contributed by atoms with E-state index in [1.807, 2.05) is 35.0 Å². The van der Waals surface area contributed by atoms with Crippen molar-refractivity contribution < 1.29 is 23.0 Å². The van der Waals surface area contributed by atoms with Crippen molar-refractivity contribution in [2.45, 2.75) is 34.1 Å². The van der Waals surface area contributed by atoms with E-state index in [1.165, 1.54) is 0 Å². The zero-order valence-electron chi connectivity index (χ0n) is 14.5. The van der Waals surface area contributed by atoms with Crippen molar-refractivity contribution >= 4 is 20.5 Å². The van der Waals surface area contributed by atoms with Crippen molar-refractivity contribution in [3.63, 3.8) is 0 Å². The van der Waals surface area contributed by atoms with Gasteiger partial charge in [-0.05, 0) is 23.0 Å². The Labute approximate surface area is 135 Å². The molecule has 0 heterocycles. The maximum absolute atomic E-state index is 11.9. The molecule has 0 fully saturated rings. The Balaban J connectivity index is 4.32. The molecule has 0 aliphatic heterocycles. The van der Waals surface area contributed by atoms with Crippen LogP contribution < -0.4 is 0 Å². The third-order valence-corrected chi connectivity index (χ3v) is 4.84. The molecule has 0 bridgehead atoms. The quantitative estimate of drug-likeness (QED) is 0.364. The highest BCUT2D eigenvalue weighted by Crippen LogP contribution is 2.46. The van der Waals surface area contributed by atoms with Gasteiger partial charge in [0.05, 0.1) is 27.7 Å².